The van der Waals surface area contributed by atoms with Gasteiger partial charge in [-0.25, -0.2) is 9.78 Å². The van der Waals surface area contributed by atoms with Crippen LogP contribution in [0.3, 0.4) is 0 Å². The fourth-order valence-corrected chi connectivity index (χ4v) is 5.85. The Morgan fingerprint density at radius 2 is 1.74 bits per heavy atom. The molecule has 2 fully saturated rings. The number of amides is 4. The molecule has 5 rings (SSSR count). The number of benzene rings is 1. The van der Waals surface area contributed by atoms with E-state index in [0.717, 1.165) is 18.5 Å². The van der Waals surface area contributed by atoms with E-state index in [1.54, 1.807) is 42.3 Å². The second-order valence-electron chi connectivity index (χ2n) is 11.3. The van der Waals surface area contributed by atoms with Gasteiger partial charge in [-0.15, -0.1) is 0 Å². The first-order valence-electron chi connectivity index (χ1n) is 15.7. The first-order chi connectivity index (χ1) is 22.7. The topological polar surface area (TPSA) is 172 Å². The van der Waals surface area contributed by atoms with E-state index in [1.807, 2.05) is 18.2 Å². The van der Waals surface area contributed by atoms with Crippen LogP contribution in [0.25, 0.3) is 10.9 Å². The molecular weight excluding hydrogens is 608 g/mol. The number of carbonyl (C=O) groups is 5. The third-order valence-corrected chi connectivity index (χ3v) is 8.23. The highest BCUT2D eigenvalue weighted by atomic mass is 16.6. The van der Waals surface area contributed by atoms with E-state index in [0.29, 0.717) is 17.4 Å². The number of aliphatic carboxylic acids is 1. The Kier molecular flexibility index (Phi) is 10.8. The van der Waals surface area contributed by atoms with E-state index >= 15 is 0 Å². The zero-order valence-electron chi connectivity index (χ0n) is 26.2. The SMILES string of the molecule is CCOC(=O)N1CCN(C(=O)[C@H](CCC(=O)O)NC(=O)c2cc(OCC(=O)N3CCCC3c3ccccn3)c3ccccc3n2)CC1. The van der Waals surface area contributed by atoms with E-state index in [-0.39, 0.29) is 75.6 Å². The minimum atomic E-state index is -1.15. The normalized spacial score (nSPS) is 16.9. The zero-order valence-corrected chi connectivity index (χ0v) is 26.2. The van der Waals surface area contributed by atoms with Gasteiger partial charge in [0.1, 0.15) is 17.5 Å². The number of aromatic nitrogens is 2. The number of rotatable bonds is 11. The molecular formula is C33H38N6O8. The Morgan fingerprint density at radius 3 is 2.47 bits per heavy atom. The van der Waals surface area contributed by atoms with Gasteiger partial charge in [-0.05, 0) is 50.5 Å². The number of carboxylic acid groups (broad SMARTS) is 1. The maximum Gasteiger partial charge on any atom is 0.409 e. The molecule has 47 heavy (non-hydrogen) atoms. The summed E-state index contributed by atoms with van der Waals surface area (Å²) in [5, 5.41) is 12.6. The molecule has 2 atom stereocenters. The first kappa shape index (κ1) is 33.1. The lowest BCUT2D eigenvalue weighted by molar-refractivity contribution is -0.138. The standard InChI is InChI=1S/C33H38N6O8/c1-2-46-33(45)38-18-16-37(17-19-38)32(44)25(12-13-30(41)42)36-31(43)26-20-28(22-8-3-4-9-23(22)35-26)47-21-29(40)39-15-7-11-27(39)24-10-5-6-14-34-24/h3-6,8-10,14,20,25,27H,2,7,11-13,15-19,21H2,1H3,(H,36,43)(H,41,42)/t25-,27?/m0/s1. The number of piperazine rings is 1. The molecule has 0 saturated carbocycles. The summed E-state index contributed by atoms with van der Waals surface area (Å²) in [5.41, 5.74) is 1.21. The Morgan fingerprint density at radius 1 is 1.00 bits per heavy atom. The van der Waals surface area contributed by atoms with E-state index in [1.165, 1.54) is 15.9 Å². The van der Waals surface area contributed by atoms with Crippen molar-refractivity contribution in [2.24, 2.45) is 0 Å². The summed E-state index contributed by atoms with van der Waals surface area (Å²) in [4.78, 5) is 77.4. The number of pyridine rings is 2. The fourth-order valence-electron chi connectivity index (χ4n) is 5.85. The van der Waals surface area contributed by atoms with Crippen LogP contribution < -0.4 is 10.1 Å². The number of hydrogen-bond donors (Lipinski definition) is 2. The van der Waals surface area contributed by atoms with E-state index in [9.17, 15) is 29.1 Å². The van der Waals surface area contributed by atoms with Gasteiger partial charge in [0.05, 0.1) is 23.9 Å². The predicted octanol–water partition coefficient (Wildman–Crippen LogP) is 2.64. The Bertz CT molecular complexity index is 1610. The van der Waals surface area contributed by atoms with Crippen LogP contribution in [0.5, 0.6) is 5.75 Å². The average molecular weight is 647 g/mol. The number of nitrogens with one attached hydrogen (secondary N) is 1. The summed E-state index contributed by atoms with van der Waals surface area (Å²) < 4.78 is 11.0. The molecule has 4 heterocycles. The lowest BCUT2D eigenvalue weighted by atomic mass is 10.1. The van der Waals surface area contributed by atoms with Crippen LogP contribution in [0.2, 0.25) is 0 Å². The first-order valence-corrected chi connectivity index (χ1v) is 15.7. The Labute approximate surface area is 271 Å². The minimum absolute atomic E-state index is 0.0565. The smallest absolute Gasteiger partial charge is 0.409 e. The van der Waals surface area contributed by atoms with Crippen LogP contribution >= 0.6 is 0 Å². The quantitative estimate of drug-likeness (QED) is 0.316. The maximum absolute atomic E-state index is 13.5. The summed E-state index contributed by atoms with van der Waals surface area (Å²) in [7, 11) is 0. The highest BCUT2D eigenvalue weighted by Gasteiger charge is 2.33. The highest BCUT2D eigenvalue weighted by molar-refractivity contribution is 5.99. The molecule has 4 amide bonds. The monoisotopic (exact) mass is 646 g/mol. The van der Waals surface area contributed by atoms with Crippen molar-refractivity contribution in [1.82, 2.24) is 30.0 Å². The van der Waals surface area contributed by atoms with Crippen molar-refractivity contribution >= 4 is 40.7 Å². The van der Waals surface area contributed by atoms with Crippen molar-refractivity contribution in [2.45, 2.75) is 44.7 Å². The molecule has 1 aromatic carbocycles. The maximum atomic E-state index is 13.5. The molecule has 0 radical (unpaired) electrons. The second kappa shape index (κ2) is 15.3. The molecule has 2 N–H and O–H groups in total. The zero-order chi connectivity index (χ0) is 33.3. The molecule has 0 spiro atoms. The van der Waals surface area contributed by atoms with Crippen LogP contribution in [-0.4, -0.2) is 112 Å². The van der Waals surface area contributed by atoms with Gasteiger partial charge < -0.3 is 34.6 Å². The molecule has 2 aromatic heterocycles. The van der Waals surface area contributed by atoms with Gasteiger partial charge in [0.2, 0.25) is 5.91 Å². The minimum Gasteiger partial charge on any atom is -0.483 e. The number of para-hydroxylation sites is 1. The highest BCUT2D eigenvalue weighted by Crippen LogP contribution is 2.31. The molecule has 248 valence electrons. The number of carbonyl (C=O) groups excluding carboxylic acids is 4. The van der Waals surface area contributed by atoms with Gasteiger partial charge in [-0.3, -0.25) is 24.2 Å². The molecule has 0 bridgehead atoms. The largest absolute Gasteiger partial charge is 0.483 e. The third kappa shape index (κ3) is 8.12. The summed E-state index contributed by atoms with van der Waals surface area (Å²) in [6.07, 6.45) is 2.39. The van der Waals surface area contributed by atoms with Crippen molar-refractivity contribution in [2.75, 3.05) is 45.9 Å². The van der Waals surface area contributed by atoms with E-state index in [4.69, 9.17) is 9.47 Å². The molecule has 1 unspecified atom stereocenters. The van der Waals surface area contributed by atoms with Crippen LogP contribution in [0.4, 0.5) is 4.79 Å². The van der Waals surface area contributed by atoms with Crippen LogP contribution in [0.15, 0.2) is 54.7 Å². The lowest BCUT2D eigenvalue weighted by Crippen LogP contribution is -2.56. The number of likely N-dealkylation sites (tertiary alicyclic amines) is 1. The van der Waals surface area contributed by atoms with Crippen LogP contribution in [-0.2, 0) is 19.1 Å². The predicted molar refractivity (Wildman–Crippen MR) is 168 cm³/mol. The second-order valence-corrected chi connectivity index (χ2v) is 11.3. The molecule has 2 saturated heterocycles. The van der Waals surface area contributed by atoms with Crippen molar-refractivity contribution in [1.29, 1.82) is 0 Å². The number of hydrogen-bond acceptors (Lipinski definition) is 9. The van der Waals surface area contributed by atoms with Crippen molar-refractivity contribution in [3.05, 3.63) is 66.1 Å². The van der Waals surface area contributed by atoms with Crippen molar-refractivity contribution < 1.29 is 38.6 Å². The number of nitrogens with zero attached hydrogens (tertiary/aromatic N) is 5. The Hall–Kier alpha value is -5.27. The van der Waals surface area contributed by atoms with E-state index in [2.05, 4.69) is 15.3 Å². The van der Waals surface area contributed by atoms with E-state index < -0.39 is 29.9 Å². The lowest BCUT2D eigenvalue weighted by Gasteiger charge is -2.35. The molecule has 14 heteroatoms. The van der Waals surface area contributed by atoms with Crippen LogP contribution in [0, 0.1) is 0 Å². The summed E-state index contributed by atoms with van der Waals surface area (Å²) >= 11 is 0. The third-order valence-electron chi connectivity index (χ3n) is 8.23. The number of ether oxygens (including phenoxy) is 2. The van der Waals surface area contributed by atoms with Crippen molar-refractivity contribution in [3.8, 4) is 5.75 Å². The molecule has 0 aliphatic carbocycles. The fraction of sp³-hybridized carbons (Fsp3) is 0.424. The molecule has 3 aromatic rings. The number of carboxylic acids is 1. The summed E-state index contributed by atoms with van der Waals surface area (Å²) in [6, 6.07) is 12.8. The molecule has 2 aliphatic heterocycles. The summed E-state index contributed by atoms with van der Waals surface area (Å²) in [6.45, 7) is 3.16. The van der Waals surface area contributed by atoms with Gasteiger partial charge in [0, 0.05) is 56.8 Å². The molecule has 2 aliphatic rings. The van der Waals surface area contributed by atoms with Gasteiger partial charge in [0.15, 0.2) is 6.61 Å². The Balaban J connectivity index is 1.30. The van der Waals surface area contributed by atoms with Gasteiger partial charge in [-0.2, -0.15) is 0 Å². The van der Waals surface area contributed by atoms with Gasteiger partial charge in [0.25, 0.3) is 11.8 Å². The van der Waals surface area contributed by atoms with Crippen LogP contribution in [0.1, 0.15) is 54.8 Å². The van der Waals surface area contributed by atoms with Gasteiger partial charge >= 0.3 is 12.1 Å². The summed E-state index contributed by atoms with van der Waals surface area (Å²) in [5.74, 6) is -2.22. The number of fused-ring (bicyclic) bond motifs is 1. The van der Waals surface area contributed by atoms with Gasteiger partial charge in [-0.1, -0.05) is 18.2 Å². The average Bonchev–Trinajstić information content (AvgIpc) is 3.59. The van der Waals surface area contributed by atoms with Crippen molar-refractivity contribution in [3.63, 3.8) is 0 Å². The molecule has 14 nitrogen and oxygen atoms in total.